The molecule has 0 radical (unpaired) electrons. The zero-order chi connectivity index (χ0) is 18.8. The van der Waals surface area contributed by atoms with E-state index in [1.165, 1.54) is 12.1 Å². The standard InChI is InChI=1S/C17H26N2O5S/c1-17(2,3)16-12(6-5-9-24-16)11-18-14-8-7-13(19(20)21)10-15(14)25(4,22)23/h7-8,10,12,16,18H,5-6,9,11H2,1-4H3. The van der Waals surface area contributed by atoms with Gasteiger partial charge in [0, 0.05) is 37.5 Å². The Morgan fingerprint density at radius 1 is 1.36 bits per heavy atom. The number of anilines is 1. The third-order valence-corrected chi connectivity index (χ3v) is 5.57. The molecule has 8 heteroatoms. The Balaban J connectivity index is 2.23. The Morgan fingerprint density at radius 2 is 2.04 bits per heavy atom. The van der Waals surface area contributed by atoms with E-state index in [9.17, 15) is 18.5 Å². The van der Waals surface area contributed by atoms with Crippen LogP contribution in [0, 0.1) is 21.4 Å². The van der Waals surface area contributed by atoms with E-state index in [1.54, 1.807) is 0 Å². The second kappa shape index (κ2) is 7.29. The van der Waals surface area contributed by atoms with Crippen molar-refractivity contribution in [2.24, 2.45) is 11.3 Å². The fourth-order valence-electron chi connectivity index (χ4n) is 3.33. The monoisotopic (exact) mass is 370 g/mol. The van der Waals surface area contributed by atoms with Crippen molar-refractivity contribution in [1.82, 2.24) is 0 Å². The summed E-state index contributed by atoms with van der Waals surface area (Å²) in [5.41, 5.74) is 0.146. The number of nitrogens with one attached hydrogen (secondary N) is 1. The van der Waals surface area contributed by atoms with Crippen molar-refractivity contribution < 1.29 is 18.1 Å². The summed E-state index contributed by atoms with van der Waals surface area (Å²) in [6.07, 6.45) is 3.10. The molecule has 0 saturated carbocycles. The Morgan fingerprint density at radius 3 is 2.60 bits per heavy atom. The highest BCUT2D eigenvalue weighted by Crippen LogP contribution is 2.35. The molecule has 25 heavy (non-hydrogen) atoms. The molecular formula is C17H26N2O5S. The topological polar surface area (TPSA) is 98.5 Å². The van der Waals surface area contributed by atoms with Crippen LogP contribution in [0.2, 0.25) is 0 Å². The van der Waals surface area contributed by atoms with Gasteiger partial charge in [-0.15, -0.1) is 0 Å². The lowest BCUT2D eigenvalue weighted by Gasteiger charge is -2.40. The average molecular weight is 370 g/mol. The van der Waals surface area contributed by atoms with Crippen molar-refractivity contribution in [2.75, 3.05) is 24.7 Å². The first kappa shape index (κ1) is 19.7. The lowest BCUT2D eigenvalue weighted by Crippen LogP contribution is -2.42. The molecule has 1 aliphatic heterocycles. The second-order valence-corrected chi connectivity index (χ2v) is 9.63. The van der Waals surface area contributed by atoms with Gasteiger partial charge in [-0.2, -0.15) is 0 Å². The molecule has 0 aromatic heterocycles. The fraction of sp³-hybridized carbons (Fsp3) is 0.647. The minimum absolute atomic E-state index is 0.0120. The maximum Gasteiger partial charge on any atom is 0.270 e. The SMILES string of the molecule is CC(C)(C)C1OCCCC1CNc1ccc([N+](=O)[O-])cc1S(C)(=O)=O. The summed E-state index contributed by atoms with van der Waals surface area (Å²) in [4.78, 5) is 10.3. The lowest BCUT2D eigenvalue weighted by atomic mass is 9.78. The summed E-state index contributed by atoms with van der Waals surface area (Å²) in [5.74, 6) is 0.247. The molecule has 1 fully saturated rings. The van der Waals surface area contributed by atoms with Crippen LogP contribution in [0.25, 0.3) is 0 Å². The third kappa shape index (κ3) is 4.92. The van der Waals surface area contributed by atoms with Gasteiger partial charge in [-0.05, 0) is 24.3 Å². The molecule has 2 unspecified atom stereocenters. The zero-order valence-corrected chi connectivity index (χ0v) is 15.9. The highest BCUT2D eigenvalue weighted by atomic mass is 32.2. The van der Waals surface area contributed by atoms with Crippen molar-refractivity contribution in [2.45, 2.75) is 44.6 Å². The van der Waals surface area contributed by atoms with Crippen LogP contribution in [-0.2, 0) is 14.6 Å². The number of nitrogens with zero attached hydrogens (tertiary/aromatic N) is 1. The summed E-state index contributed by atoms with van der Waals surface area (Å²) >= 11 is 0. The van der Waals surface area contributed by atoms with Crippen LogP contribution < -0.4 is 5.32 Å². The van der Waals surface area contributed by atoms with Crippen LogP contribution in [0.4, 0.5) is 11.4 Å². The molecule has 1 aliphatic rings. The summed E-state index contributed by atoms with van der Waals surface area (Å²) in [7, 11) is -3.58. The third-order valence-electron chi connectivity index (χ3n) is 4.43. The van der Waals surface area contributed by atoms with Gasteiger partial charge in [0.1, 0.15) is 0 Å². The van der Waals surface area contributed by atoms with Gasteiger partial charge >= 0.3 is 0 Å². The fourth-order valence-corrected chi connectivity index (χ4v) is 4.20. The summed E-state index contributed by atoms with van der Waals surface area (Å²) in [6, 6.07) is 3.89. The highest BCUT2D eigenvalue weighted by Gasteiger charge is 2.35. The van der Waals surface area contributed by atoms with E-state index in [2.05, 4.69) is 26.1 Å². The molecule has 0 aliphatic carbocycles. The van der Waals surface area contributed by atoms with Crippen LogP contribution in [-0.4, -0.2) is 38.9 Å². The number of non-ortho nitro benzene ring substituents is 1. The van der Waals surface area contributed by atoms with E-state index in [0.717, 1.165) is 31.8 Å². The van der Waals surface area contributed by atoms with Crippen LogP contribution in [0.15, 0.2) is 23.1 Å². The molecule has 140 valence electrons. The maximum absolute atomic E-state index is 12.0. The Bertz CT molecular complexity index is 740. The normalized spacial score (nSPS) is 21.8. The number of nitro benzene ring substituents is 1. The number of hydrogen-bond acceptors (Lipinski definition) is 6. The van der Waals surface area contributed by atoms with Gasteiger partial charge < -0.3 is 10.1 Å². The van der Waals surface area contributed by atoms with E-state index in [-0.39, 0.29) is 28.0 Å². The number of hydrogen-bond donors (Lipinski definition) is 1. The molecule has 0 spiro atoms. The largest absolute Gasteiger partial charge is 0.384 e. The number of ether oxygens (including phenoxy) is 1. The van der Waals surface area contributed by atoms with Gasteiger partial charge in [-0.3, -0.25) is 10.1 Å². The smallest absolute Gasteiger partial charge is 0.270 e. The first-order valence-electron chi connectivity index (χ1n) is 8.34. The van der Waals surface area contributed by atoms with E-state index in [0.29, 0.717) is 12.2 Å². The lowest BCUT2D eigenvalue weighted by molar-refractivity contribution is -0.385. The van der Waals surface area contributed by atoms with Gasteiger partial charge in [-0.25, -0.2) is 8.42 Å². The van der Waals surface area contributed by atoms with Gasteiger partial charge in [0.05, 0.1) is 21.6 Å². The molecule has 2 rings (SSSR count). The molecule has 2 atom stereocenters. The van der Waals surface area contributed by atoms with Crippen LogP contribution in [0.5, 0.6) is 0 Å². The van der Waals surface area contributed by atoms with E-state index in [1.807, 2.05) is 0 Å². The molecule has 7 nitrogen and oxygen atoms in total. The zero-order valence-electron chi connectivity index (χ0n) is 15.1. The van der Waals surface area contributed by atoms with E-state index < -0.39 is 14.8 Å². The second-order valence-electron chi connectivity index (χ2n) is 7.65. The van der Waals surface area contributed by atoms with Crippen LogP contribution >= 0.6 is 0 Å². The molecule has 1 aromatic rings. The predicted octanol–water partition coefficient (Wildman–Crippen LogP) is 3.25. The van der Waals surface area contributed by atoms with Gasteiger partial charge in [0.15, 0.2) is 9.84 Å². The van der Waals surface area contributed by atoms with E-state index in [4.69, 9.17) is 4.74 Å². The van der Waals surface area contributed by atoms with Crippen molar-refractivity contribution in [3.8, 4) is 0 Å². The summed E-state index contributed by atoms with van der Waals surface area (Å²) in [6.45, 7) is 7.68. The van der Waals surface area contributed by atoms with Crippen LogP contribution in [0.3, 0.4) is 0 Å². The van der Waals surface area contributed by atoms with E-state index >= 15 is 0 Å². The van der Waals surface area contributed by atoms with Crippen molar-refractivity contribution >= 4 is 21.2 Å². The van der Waals surface area contributed by atoms with Crippen molar-refractivity contribution in [3.63, 3.8) is 0 Å². The quantitative estimate of drug-likeness (QED) is 0.631. The predicted molar refractivity (Wildman–Crippen MR) is 96.6 cm³/mol. The highest BCUT2D eigenvalue weighted by molar-refractivity contribution is 7.90. The molecule has 0 amide bonds. The van der Waals surface area contributed by atoms with Crippen LogP contribution in [0.1, 0.15) is 33.6 Å². The number of nitro groups is 1. The minimum Gasteiger partial charge on any atom is -0.384 e. The number of rotatable bonds is 5. The molecule has 0 bridgehead atoms. The van der Waals surface area contributed by atoms with Gasteiger partial charge in [0.25, 0.3) is 5.69 Å². The molecule has 1 heterocycles. The van der Waals surface area contributed by atoms with Crippen molar-refractivity contribution in [1.29, 1.82) is 0 Å². The first-order valence-corrected chi connectivity index (χ1v) is 10.2. The summed E-state index contributed by atoms with van der Waals surface area (Å²) in [5, 5.41) is 14.1. The average Bonchev–Trinajstić information content (AvgIpc) is 2.51. The Kier molecular flexibility index (Phi) is 5.73. The van der Waals surface area contributed by atoms with Crippen molar-refractivity contribution in [3.05, 3.63) is 28.3 Å². The van der Waals surface area contributed by atoms with Gasteiger partial charge in [0.2, 0.25) is 0 Å². The maximum atomic E-state index is 12.0. The Labute approximate surface area is 148 Å². The molecular weight excluding hydrogens is 344 g/mol. The minimum atomic E-state index is -3.58. The molecule has 1 aromatic carbocycles. The first-order chi connectivity index (χ1) is 11.5. The Hall–Kier alpha value is -1.67. The summed E-state index contributed by atoms with van der Waals surface area (Å²) < 4.78 is 30.0. The van der Waals surface area contributed by atoms with Gasteiger partial charge in [-0.1, -0.05) is 20.8 Å². The number of sulfone groups is 1. The molecule has 1 N–H and O–H groups in total. The number of benzene rings is 1. The molecule has 1 saturated heterocycles.